The number of H-pyrrole nitrogens is 1. The fraction of sp³-hybridized carbons (Fsp3) is 0.375. The number of halogens is 1. The number of hydrogen-bond acceptors (Lipinski definition) is 2. The molecule has 22 heavy (non-hydrogen) atoms. The molecule has 1 amide bonds. The van der Waals surface area contributed by atoms with E-state index in [1.54, 1.807) is 24.0 Å². The molecule has 116 valence electrons. The maximum atomic E-state index is 13.7. The molecule has 1 aliphatic carbocycles. The summed E-state index contributed by atoms with van der Waals surface area (Å²) in [7, 11) is 0. The average Bonchev–Trinajstić information content (AvgIpc) is 3.22. The van der Waals surface area contributed by atoms with Gasteiger partial charge in [-0.25, -0.2) is 4.39 Å². The first-order chi connectivity index (χ1) is 10.5. The van der Waals surface area contributed by atoms with E-state index in [2.05, 4.69) is 4.98 Å². The van der Waals surface area contributed by atoms with Crippen molar-refractivity contribution in [2.75, 3.05) is 6.54 Å². The van der Waals surface area contributed by atoms with Gasteiger partial charge in [0.2, 0.25) is 0 Å². The van der Waals surface area contributed by atoms with Crippen molar-refractivity contribution in [2.45, 2.75) is 25.8 Å². The fourth-order valence-electron chi connectivity index (χ4n) is 2.55. The Hall–Kier alpha value is -2.37. The van der Waals surface area contributed by atoms with Crippen molar-refractivity contribution in [1.82, 2.24) is 9.88 Å². The molecule has 2 aromatic rings. The van der Waals surface area contributed by atoms with Crippen LogP contribution in [0.1, 0.15) is 30.3 Å². The van der Waals surface area contributed by atoms with Gasteiger partial charge >= 0.3 is 5.97 Å². The van der Waals surface area contributed by atoms with Gasteiger partial charge in [0.05, 0.1) is 5.92 Å². The molecule has 0 radical (unpaired) electrons. The lowest BCUT2D eigenvalue weighted by Crippen LogP contribution is -2.38. The molecular weight excluding hydrogens is 287 g/mol. The van der Waals surface area contributed by atoms with Crippen LogP contribution >= 0.6 is 0 Å². The van der Waals surface area contributed by atoms with Crippen molar-refractivity contribution < 1.29 is 19.1 Å². The third-order valence-electron chi connectivity index (χ3n) is 3.98. The number of aromatic amines is 1. The van der Waals surface area contributed by atoms with E-state index in [0.29, 0.717) is 16.6 Å². The molecule has 0 unspecified atom stereocenters. The number of fused-ring (bicyclic) bond motifs is 1. The molecule has 2 N–H and O–H groups in total. The van der Waals surface area contributed by atoms with Crippen LogP contribution in [0.4, 0.5) is 4.39 Å². The van der Waals surface area contributed by atoms with E-state index in [1.165, 1.54) is 12.1 Å². The van der Waals surface area contributed by atoms with E-state index in [1.807, 2.05) is 0 Å². The highest BCUT2D eigenvalue weighted by molar-refractivity contribution is 5.98. The Morgan fingerprint density at radius 2 is 2.18 bits per heavy atom. The molecule has 1 atom stereocenters. The molecule has 3 rings (SSSR count). The summed E-state index contributed by atoms with van der Waals surface area (Å²) < 4.78 is 13.7. The third-order valence-corrected chi connectivity index (χ3v) is 3.98. The summed E-state index contributed by atoms with van der Waals surface area (Å²) in [5.74, 6) is -2.22. The number of carbonyl (C=O) groups is 2. The lowest BCUT2D eigenvalue weighted by molar-refractivity contribution is -0.141. The maximum Gasteiger partial charge on any atom is 0.308 e. The summed E-state index contributed by atoms with van der Waals surface area (Å²) >= 11 is 0. The van der Waals surface area contributed by atoms with E-state index < -0.39 is 11.9 Å². The highest BCUT2D eigenvalue weighted by atomic mass is 19.1. The average molecular weight is 304 g/mol. The summed E-state index contributed by atoms with van der Waals surface area (Å²) in [6.45, 7) is 1.74. The summed E-state index contributed by atoms with van der Waals surface area (Å²) in [5.41, 5.74) is 0.856. The second kappa shape index (κ2) is 5.44. The van der Waals surface area contributed by atoms with Gasteiger partial charge in [0.1, 0.15) is 11.5 Å². The number of amides is 1. The van der Waals surface area contributed by atoms with Crippen LogP contribution in [0.2, 0.25) is 0 Å². The minimum atomic E-state index is -0.929. The zero-order chi connectivity index (χ0) is 15.9. The first-order valence-electron chi connectivity index (χ1n) is 7.28. The first kappa shape index (κ1) is 14.6. The van der Waals surface area contributed by atoms with Gasteiger partial charge in [-0.1, -0.05) is 13.0 Å². The minimum absolute atomic E-state index is 0.0885. The van der Waals surface area contributed by atoms with E-state index in [4.69, 9.17) is 5.11 Å². The molecule has 1 aromatic heterocycles. The van der Waals surface area contributed by atoms with Crippen LogP contribution in [-0.4, -0.2) is 39.5 Å². The standard InChI is InChI=1S/C16H17FN2O3/c1-9(16(21)22)8-19(10-5-6-10)15(20)14-7-11-12(17)3-2-4-13(11)18-14/h2-4,7,9-10,18H,5-6,8H2,1H3,(H,21,22)/t9-/m1/s1. The highest BCUT2D eigenvalue weighted by Crippen LogP contribution is 2.30. The molecule has 6 heteroatoms. The quantitative estimate of drug-likeness (QED) is 0.892. The predicted molar refractivity (Wildman–Crippen MR) is 79.1 cm³/mol. The number of nitrogens with one attached hydrogen (secondary N) is 1. The van der Waals surface area contributed by atoms with Crippen LogP contribution in [0.5, 0.6) is 0 Å². The van der Waals surface area contributed by atoms with Gasteiger partial charge in [-0.15, -0.1) is 0 Å². The number of aromatic nitrogens is 1. The Balaban J connectivity index is 1.88. The van der Waals surface area contributed by atoms with Crippen LogP contribution in [0.3, 0.4) is 0 Å². The van der Waals surface area contributed by atoms with E-state index in [-0.39, 0.29) is 24.3 Å². The lowest BCUT2D eigenvalue weighted by Gasteiger charge is -2.23. The van der Waals surface area contributed by atoms with E-state index >= 15 is 0 Å². The number of carboxylic acids is 1. The monoisotopic (exact) mass is 304 g/mol. The number of benzene rings is 1. The van der Waals surface area contributed by atoms with Gasteiger partial charge in [-0.05, 0) is 31.0 Å². The summed E-state index contributed by atoms with van der Waals surface area (Å²) in [6, 6.07) is 6.21. The number of nitrogens with zero attached hydrogens (tertiary/aromatic N) is 1. The van der Waals surface area contributed by atoms with E-state index in [0.717, 1.165) is 12.8 Å². The number of aliphatic carboxylic acids is 1. The second-order valence-electron chi connectivity index (χ2n) is 5.81. The number of carbonyl (C=O) groups excluding carboxylic acids is 1. The zero-order valence-electron chi connectivity index (χ0n) is 12.2. The summed E-state index contributed by atoms with van der Waals surface area (Å²) in [4.78, 5) is 28.2. The molecule has 0 aliphatic heterocycles. The topological polar surface area (TPSA) is 73.4 Å². The molecule has 0 spiro atoms. The molecular formula is C16H17FN2O3. The molecule has 0 bridgehead atoms. The minimum Gasteiger partial charge on any atom is -0.481 e. The van der Waals surface area contributed by atoms with Crippen molar-refractivity contribution in [3.05, 3.63) is 35.8 Å². The highest BCUT2D eigenvalue weighted by Gasteiger charge is 2.35. The molecule has 1 heterocycles. The SMILES string of the molecule is C[C@H](CN(C(=O)c1cc2c(F)cccc2[nH]1)C1CC1)C(=O)O. The molecule has 1 aliphatic rings. The van der Waals surface area contributed by atoms with Gasteiger partial charge in [-0.3, -0.25) is 9.59 Å². The fourth-order valence-corrected chi connectivity index (χ4v) is 2.55. The number of carboxylic acid groups (broad SMARTS) is 1. The van der Waals surface area contributed by atoms with Gasteiger partial charge in [0.15, 0.2) is 0 Å². The van der Waals surface area contributed by atoms with Crippen molar-refractivity contribution >= 4 is 22.8 Å². The Labute approximate surface area is 126 Å². The van der Waals surface area contributed by atoms with Gasteiger partial charge in [0, 0.05) is 23.5 Å². The molecule has 0 saturated heterocycles. The van der Waals surface area contributed by atoms with Crippen LogP contribution < -0.4 is 0 Å². The Morgan fingerprint density at radius 3 is 2.77 bits per heavy atom. The Bertz CT molecular complexity index is 736. The van der Waals surface area contributed by atoms with Crippen LogP contribution in [0, 0.1) is 11.7 Å². The largest absolute Gasteiger partial charge is 0.481 e. The van der Waals surface area contributed by atoms with Crippen molar-refractivity contribution in [3.63, 3.8) is 0 Å². The third kappa shape index (κ3) is 2.68. The Morgan fingerprint density at radius 1 is 1.45 bits per heavy atom. The molecule has 1 saturated carbocycles. The van der Waals surface area contributed by atoms with Gasteiger partial charge in [0.25, 0.3) is 5.91 Å². The molecule has 5 nitrogen and oxygen atoms in total. The maximum absolute atomic E-state index is 13.7. The van der Waals surface area contributed by atoms with Crippen molar-refractivity contribution in [1.29, 1.82) is 0 Å². The second-order valence-corrected chi connectivity index (χ2v) is 5.81. The number of hydrogen-bond donors (Lipinski definition) is 2. The first-order valence-corrected chi connectivity index (χ1v) is 7.28. The van der Waals surface area contributed by atoms with Crippen LogP contribution in [0.25, 0.3) is 10.9 Å². The van der Waals surface area contributed by atoms with E-state index in [9.17, 15) is 14.0 Å². The Kier molecular flexibility index (Phi) is 3.60. The number of rotatable bonds is 5. The van der Waals surface area contributed by atoms with Crippen molar-refractivity contribution in [3.8, 4) is 0 Å². The van der Waals surface area contributed by atoms with Gasteiger partial charge < -0.3 is 15.0 Å². The van der Waals surface area contributed by atoms with Crippen molar-refractivity contribution in [2.24, 2.45) is 5.92 Å². The van der Waals surface area contributed by atoms with Crippen LogP contribution in [0.15, 0.2) is 24.3 Å². The normalized spacial score (nSPS) is 15.7. The molecule has 1 aromatic carbocycles. The zero-order valence-corrected chi connectivity index (χ0v) is 12.2. The summed E-state index contributed by atoms with van der Waals surface area (Å²) in [6.07, 6.45) is 1.76. The van der Waals surface area contributed by atoms with Gasteiger partial charge in [-0.2, -0.15) is 0 Å². The lowest BCUT2D eigenvalue weighted by atomic mass is 10.1. The summed E-state index contributed by atoms with van der Waals surface area (Å²) in [5, 5.41) is 9.41. The predicted octanol–water partition coefficient (Wildman–Crippen LogP) is 2.63. The smallest absolute Gasteiger partial charge is 0.308 e. The van der Waals surface area contributed by atoms with Crippen LogP contribution in [-0.2, 0) is 4.79 Å². The molecule has 1 fully saturated rings.